The first-order chi connectivity index (χ1) is 5.66. The van der Waals surface area contributed by atoms with Crippen molar-refractivity contribution in [3.8, 4) is 6.07 Å². The smallest absolute Gasteiger partial charge is 0.307 e. The van der Waals surface area contributed by atoms with Crippen molar-refractivity contribution < 1.29 is 14.7 Å². The Morgan fingerprint density at radius 3 is 2.67 bits per heavy atom. The van der Waals surface area contributed by atoms with Crippen molar-refractivity contribution in [1.82, 2.24) is 5.32 Å². The predicted molar refractivity (Wildman–Crippen MR) is 37.9 cm³/mol. The Kier molecular flexibility index (Phi) is 2.29. The van der Waals surface area contributed by atoms with E-state index >= 15 is 0 Å². The third-order valence-electron chi connectivity index (χ3n) is 1.79. The summed E-state index contributed by atoms with van der Waals surface area (Å²) in [5, 5.41) is 18.9. The molecule has 0 heterocycles. The second-order valence-corrected chi connectivity index (χ2v) is 2.66. The molecule has 1 aliphatic rings. The molecule has 1 aliphatic carbocycles. The molecular weight excluding hydrogens is 160 g/mol. The van der Waals surface area contributed by atoms with Crippen LogP contribution in [-0.2, 0) is 9.59 Å². The molecule has 0 saturated heterocycles. The standard InChI is InChI=1S/C7H8N2O3/c8-1-2-9-6(10)4-3-5(4)7(11)12/h4-5H,2-3H2,(H,9,10)(H,11,12)/t4-,5+/m1/s1. The summed E-state index contributed by atoms with van der Waals surface area (Å²) >= 11 is 0. The molecule has 1 saturated carbocycles. The van der Waals surface area contributed by atoms with Gasteiger partial charge >= 0.3 is 5.97 Å². The molecule has 0 radical (unpaired) electrons. The van der Waals surface area contributed by atoms with Gasteiger partial charge in [0, 0.05) is 0 Å². The van der Waals surface area contributed by atoms with Gasteiger partial charge in [0.15, 0.2) is 0 Å². The van der Waals surface area contributed by atoms with Crippen LogP contribution in [0.1, 0.15) is 6.42 Å². The molecule has 1 rings (SSSR count). The number of carboxylic acid groups (broad SMARTS) is 1. The van der Waals surface area contributed by atoms with Crippen LogP contribution in [0.15, 0.2) is 0 Å². The van der Waals surface area contributed by atoms with Crippen molar-refractivity contribution in [2.24, 2.45) is 11.8 Å². The van der Waals surface area contributed by atoms with Crippen molar-refractivity contribution >= 4 is 11.9 Å². The van der Waals surface area contributed by atoms with Crippen LogP contribution < -0.4 is 5.32 Å². The molecule has 5 nitrogen and oxygen atoms in total. The fourth-order valence-corrected chi connectivity index (χ4v) is 1.02. The van der Waals surface area contributed by atoms with Crippen molar-refractivity contribution in [3.05, 3.63) is 0 Å². The van der Waals surface area contributed by atoms with Crippen LogP contribution in [0.4, 0.5) is 0 Å². The largest absolute Gasteiger partial charge is 0.481 e. The van der Waals surface area contributed by atoms with E-state index in [0.29, 0.717) is 6.42 Å². The maximum Gasteiger partial charge on any atom is 0.307 e. The fourth-order valence-electron chi connectivity index (χ4n) is 1.02. The molecule has 0 aromatic heterocycles. The minimum atomic E-state index is -0.938. The number of nitriles is 1. The Morgan fingerprint density at radius 1 is 1.58 bits per heavy atom. The van der Waals surface area contributed by atoms with Crippen molar-refractivity contribution in [3.63, 3.8) is 0 Å². The number of hydrogen-bond donors (Lipinski definition) is 2. The lowest BCUT2D eigenvalue weighted by atomic mass is 10.3. The highest BCUT2D eigenvalue weighted by molar-refractivity contribution is 5.89. The Bertz CT molecular complexity index is 256. The average molecular weight is 168 g/mol. The Morgan fingerprint density at radius 2 is 2.25 bits per heavy atom. The van der Waals surface area contributed by atoms with Crippen molar-refractivity contribution in [2.45, 2.75) is 6.42 Å². The second kappa shape index (κ2) is 3.22. The molecular formula is C7H8N2O3. The third-order valence-corrected chi connectivity index (χ3v) is 1.79. The molecule has 0 unspecified atom stereocenters. The number of aliphatic carboxylic acids is 1. The average Bonchev–Trinajstić information content (AvgIpc) is 2.78. The monoisotopic (exact) mass is 168 g/mol. The molecule has 0 aromatic carbocycles. The molecule has 0 bridgehead atoms. The molecule has 1 amide bonds. The van der Waals surface area contributed by atoms with E-state index in [1.54, 1.807) is 6.07 Å². The van der Waals surface area contributed by atoms with Gasteiger partial charge in [-0.2, -0.15) is 5.26 Å². The zero-order valence-corrected chi connectivity index (χ0v) is 6.28. The minimum absolute atomic E-state index is 0.0539. The number of nitrogens with zero attached hydrogens (tertiary/aromatic N) is 1. The molecule has 0 aliphatic heterocycles. The van der Waals surface area contributed by atoms with E-state index < -0.39 is 17.8 Å². The Labute approximate surface area is 69.0 Å². The summed E-state index contributed by atoms with van der Waals surface area (Å²) in [4.78, 5) is 21.3. The van der Waals surface area contributed by atoms with Gasteiger partial charge in [0.2, 0.25) is 5.91 Å². The Hall–Kier alpha value is -1.57. The summed E-state index contributed by atoms with van der Waals surface area (Å²) < 4.78 is 0. The molecule has 0 aromatic rings. The van der Waals surface area contributed by atoms with E-state index in [0.717, 1.165) is 0 Å². The quantitative estimate of drug-likeness (QED) is 0.548. The number of amides is 1. The summed E-state index contributed by atoms with van der Waals surface area (Å²) in [5.74, 6) is -2.23. The topological polar surface area (TPSA) is 90.2 Å². The molecule has 5 heteroatoms. The van der Waals surface area contributed by atoms with E-state index in [4.69, 9.17) is 10.4 Å². The van der Waals surface area contributed by atoms with Crippen LogP contribution in [0.2, 0.25) is 0 Å². The van der Waals surface area contributed by atoms with Gasteiger partial charge in [-0.15, -0.1) is 0 Å². The van der Waals surface area contributed by atoms with E-state index in [1.165, 1.54) is 0 Å². The first-order valence-electron chi connectivity index (χ1n) is 3.54. The van der Waals surface area contributed by atoms with E-state index in [2.05, 4.69) is 5.32 Å². The van der Waals surface area contributed by atoms with Gasteiger partial charge in [0.25, 0.3) is 0 Å². The van der Waals surface area contributed by atoms with E-state index in [9.17, 15) is 9.59 Å². The number of hydrogen-bond acceptors (Lipinski definition) is 3. The summed E-state index contributed by atoms with van der Waals surface area (Å²) in [6.45, 7) is -0.0539. The van der Waals surface area contributed by atoms with Gasteiger partial charge < -0.3 is 10.4 Å². The van der Waals surface area contributed by atoms with Gasteiger partial charge in [0.1, 0.15) is 6.54 Å². The van der Waals surface area contributed by atoms with Crippen LogP contribution in [-0.4, -0.2) is 23.5 Å². The molecule has 1 fully saturated rings. The predicted octanol–water partition coefficient (Wildman–Crippen LogP) is -0.653. The van der Waals surface area contributed by atoms with Crippen molar-refractivity contribution in [2.75, 3.05) is 6.54 Å². The van der Waals surface area contributed by atoms with Gasteiger partial charge in [-0.25, -0.2) is 0 Å². The maximum atomic E-state index is 11.0. The van der Waals surface area contributed by atoms with Crippen LogP contribution in [0.5, 0.6) is 0 Å². The highest BCUT2D eigenvalue weighted by Gasteiger charge is 2.48. The summed E-state index contributed by atoms with van der Waals surface area (Å²) in [5.41, 5.74) is 0. The molecule has 0 spiro atoms. The lowest BCUT2D eigenvalue weighted by Gasteiger charge is -1.96. The number of carbonyl (C=O) groups excluding carboxylic acids is 1. The molecule has 2 atom stereocenters. The van der Waals surface area contributed by atoms with Crippen LogP contribution in [0.3, 0.4) is 0 Å². The summed E-state index contributed by atoms with van der Waals surface area (Å²) in [7, 11) is 0. The normalized spacial score (nSPS) is 25.6. The van der Waals surface area contributed by atoms with Gasteiger partial charge in [0.05, 0.1) is 17.9 Å². The van der Waals surface area contributed by atoms with Crippen molar-refractivity contribution in [1.29, 1.82) is 5.26 Å². The molecule has 64 valence electrons. The molecule has 2 N–H and O–H groups in total. The van der Waals surface area contributed by atoms with Crippen LogP contribution in [0, 0.1) is 23.2 Å². The lowest BCUT2D eigenvalue weighted by Crippen LogP contribution is -2.26. The zero-order chi connectivity index (χ0) is 9.14. The SMILES string of the molecule is N#CCNC(=O)[C@@H]1C[C@@H]1C(=O)O. The Balaban J connectivity index is 2.29. The second-order valence-electron chi connectivity index (χ2n) is 2.66. The van der Waals surface area contributed by atoms with E-state index in [1.807, 2.05) is 0 Å². The third kappa shape index (κ3) is 1.72. The van der Waals surface area contributed by atoms with Crippen LogP contribution in [0.25, 0.3) is 0 Å². The maximum absolute atomic E-state index is 11.0. The first kappa shape index (κ1) is 8.53. The molecule has 12 heavy (non-hydrogen) atoms. The zero-order valence-electron chi connectivity index (χ0n) is 6.28. The summed E-state index contributed by atoms with van der Waals surface area (Å²) in [6, 6.07) is 1.75. The number of nitrogens with one attached hydrogen (secondary N) is 1. The van der Waals surface area contributed by atoms with Gasteiger partial charge in [-0.3, -0.25) is 9.59 Å². The van der Waals surface area contributed by atoms with Gasteiger partial charge in [-0.05, 0) is 6.42 Å². The highest BCUT2D eigenvalue weighted by atomic mass is 16.4. The first-order valence-corrected chi connectivity index (χ1v) is 3.54. The summed E-state index contributed by atoms with van der Waals surface area (Å²) in [6.07, 6.45) is 0.395. The lowest BCUT2D eigenvalue weighted by molar-refractivity contribution is -0.140. The minimum Gasteiger partial charge on any atom is -0.481 e. The van der Waals surface area contributed by atoms with Crippen LogP contribution >= 0.6 is 0 Å². The van der Waals surface area contributed by atoms with E-state index in [-0.39, 0.29) is 12.5 Å². The number of carboxylic acids is 1. The number of rotatable bonds is 3. The number of carbonyl (C=O) groups is 2. The fraction of sp³-hybridized carbons (Fsp3) is 0.571. The highest BCUT2D eigenvalue weighted by Crippen LogP contribution is 2.38. The van der Waals surface area contributed by atoms with Gasteiger partial charge in [-0.1, -0.05) is 0 Å².